The number of hydrogen-bond acceptors (Lipinski definition) is 5. The molecule has 15 heavy (non-hydrogen) atoms. The van der Waals surface area contributed by atoms with Crippen LogP contribution in [0.3, 0.4) is 0 Å². The Hall–Kier alpha value is -1.30. The van der Waals surface area contributed by atoms with E-state index in [1.54, 1.807) is 0 Å². The van der Waals surface area contributed by atoms with Crippen molar-refractivity contribution in [3.63, 3.8) is 0 Å². The van der Waals surface area contributed by atoms with Crippen LogP contribution < -0.4 is 16.0 Å². The summed E-state index contributed by atoms with van der Waals surface area (Å²) >= 11 is 1.32. The number of nitrogens with one attached hydrogen (secondary N) is 1. The van der Waals surface area contributed by atoms with Crippen molar-refractivity contribution >= 4 is 28.3 Å². The molecule has 3 N–H and O–H groups in total. The zero-order chi connectivity index (χ0) is 11.4. The summed E-state index contributed by atoms with van der Waals surface area (Å²) in [5.41, 5.74) is 6.58. The molecule has 1 aromatic rings. The first-order chi connectivity index (χ1) is 7.06. The fraction of sp³-hybridized carbons (Fsp3) is 0.556. The fourth-order valence-electron chi connectivity index (χ4n) is 1.24. The van der Waals surface area contributed by atoms with Crippen molar-refractivity contribution in [1.29, 1.82) is 0 Å². The third kappa shape index (κ3) is 2.82. The van der Waals surface area contributed by atoms with Crippen LogP contribution in [0.5, 0.6) is 0 Å². The number of carbonyl (C=O) groups excluding carboxylic acids is 1. The van der Waals surface area contributed by atoms with Crippen molar-refractivity contribution in [3.05, 3.63) is 5.56 Å². The molecule has 0 bridgehead atoms. The van der Waals surface area contributed by atoms with Crippen LogP contribution in [0, 0.1) is 6.92 Å². The number of nitrogens with two attached hydrogens (primary N) is 1. The Morgan fingerprint density at radius 2 is 2.33 bits per heavy atom. The lowest BCUT2D eigenvalue weighted by Gasteiger charge is -2.16. The van der Waals surface area contributed by atoms with Crippen molar-refractivity contribution in [3.8, 4) is 0 Å². The Bertz CT molecular complexity index is 350. The van der Waals surface area contributed by atoms with Crippen LogP contribution in [0.15, 0.2) is 0 Å². The summed E-state index contributed by atoms with van der Waals surface area (Å²) in [6.07, 6.45) is 0. The summed E-state index contributed by atoms with van der Waals surface area (Å²) in [5, 5.41) is 3.69. The molecule has 0 fully saturated rings. The van der Waals surface area contributed by atoms with Crippen LogP contribution in [-0.4, -0.2) is 30.4 Å². The van der Waals surface area contributed by atoms with Gasteiger partial charge in [-0.1, -0.05) is 0 Å². The first-order valence-electron chi connectivity index (χ1n) is 4.75. The Kier molecular flexibility index (Phi) is 3.90. The van der Waals surface area contributed by atoms with Gasteiger partial charge in [0.2, 0.25) is 5.91 Å². The lowest BCUT2D eigenvalue weighted by Crippen LogP contribution is -2.34. The van der Waals surface area contributed by atoms with Crippen LogP contribution in [0.1, 0.15) is 12.5 Å². The lowest BCUT2D eigenvalue weighted by molar-refractivity contribution is -0.119. The molecule has 1 rings (SSSR count). The number of anilines is 2. The van der Waals surface area contributed by atoms with Crippen LogP contribution in [0.4, 0.5) is 10.8 Å². The zero-order valence-electron chi connectivity index (χ0n) is 9.20. The molecule has 6 heteroatoms. The SMILES string of the molecule is CCNC(=O)CN(C)c1snc(N)c1C. The first-order valence-corrected chi connectivity index (χ1v) is 5.53. The summed E-state index contributed by atoms with van der Waals surface area (Å²) in [6, 6.07) is 0. The van der Waals surface area contributed by atoms with E-state index in [0.717, 1.165) is 10.6 Å². The van der Waals surface area contributed by atoms with Gasteiger partial charge in [-0.05, 0) is 25.4 Å². The zero-order valence-corrected chi connectivity index (χ0v) is 10.0. The molecule has 0 unspecified atom stereocenters. The van der Waals surface area contributed by atoms with Gasteiger partial charge in [-0.25, -0.2) is 0 Å². The van der Waals surface area contributed by atoms with Gasteiger partial charge in [-0.15, -0.1) is 0 Å². The van der Waals surface area contributed by atoms with Crippen LogP contribution >= 0.6 is 11.5 Å². The Labute approximate surface area is 93.4 Å². The van der Waals surface area contributed by atoms with Gasteiger partial charge < -0.3 is 16.0 Å². The van der Waals surface area contributed by atoms with E-state index in [2.05, 4.69) is 9.69 Å². The van der Waals surface area contributed by atoms with Gasteiger partial charge in [0.1, 0.15) is 10.8 Å². The summed E-state index contributed by atoms with van der Waals surface area (Å²) in [6.45, 7) is 4.78. The van der Waals surface area contributed by atoms with Gasteiger partial charge in [0, 0.05) is 19.2 Å². The largest absolute Gasteiger partial charge is 0.383 e. The first kappa shape index (κ1) is 11.8. The maximum absolute atomic E-state index is 11.3. The van der Waals surface area contributed by atoms with E-state index in [9.17, 15) is 4.79 Å². The van der Waals surface area contributed by atoms with Crippen molar-refractivity contribution in [2.75, 3.05) is 30.8 Å². The van der Waals surface area contributed by atoms with Gasteiger partial charge in [0.15, 0.2) is 0 Å². The Morgan fingerprint density at radius 3 is 2.80 bits per heavy atom. The summed E-state index contributed by atoms with van der Waals surface area (Å²) in [5.74, 6) is 0.545. The quantitative estimate of drug-likeness (QED) is 0.792. The summed E-state index contributed by atoms with van der Waals surface area (Å²) < 4.78 is 4.04. The number of aromatic nitrogens is 1. The molecule has 0 saturated heterocycles. The Morgan fingerprint density at radius 1 is 1.67 bits per heavy atom. The number of rotatable bonds is 4. The predicted octanol–water partition coefficient (Wildman–Crippen LogP) is 0.606. The number of nitrogen functional groups attached to an aromatic ring is 1. The van der Waals surface area contributed by atoms with Crippen molar-refractivity contribution in [1.82, 2.24) is 9.69 Å². The molecule has 0 aromatic carbocycles. The second-order valence-electron chi connectivity index (χ2n) is 3.31. The molecule has 0 aliphatic rings. The molecule has 0 spiro atoms. The molecule has 0 radical (unpaired) electrons. The van der Waals surface area contributed by atoms with Crippen molar-refractivity contribution < 1.29 is 4.79 Å². The maximum atomic E-state index is 11.3. The topological polar surface area (TPSA) is 71.2 Å². The average Bonchev–Trinajstić information content (AvgIpc) is 2.48. The maximum Gasteiger partial charge on any atom is 0.239 e. The molecule has 0 aliphatic carbocycles. The van der Waals surface area contributed by atoms with E-state index < -0.39 is 0 Å². The number of likely N-dealkylation sites (N-methyl/N-ethyl adjacent to an activating group) is 2. The van der Waals surface area contributed by atoms with Crippen LogP contribution in [0.2, 0.25) is 0 Å². The van der Waals surface area contributed by atoms with E-state index in [-0.39, 0.29) is 5.91 Å². The summed E-state index contributed by atoms with van der Waals surface area (Å²) in [7, 11) is 1.86. The van der Waals surface area contributed by atoms with E-state index in [4.69, 9.17) is 5.73 Å². The summed E-state index contributed by atoms with van der Waals surface area (Å²) in [4.78, 5) is 13.2. The lowest BCUT2D eigenvalue weighted by atomic mass is 10.3. The van der Waals surface area contributed by atoms with E-state index >= 15 is 0 Å². The molecule has 1 amide bonds. The van der Waals surface area contributed by atoms with Gasteiger partial charge in [0.25, 0.3) is 0 Å². The highest BCUT2D eigenvalue weighted by Gasteiger charge is 2.13. The second kappa shape index (κ2) is 4.97. The Balaban J connectivity index is 2.65. The van der Waals surface area contributed by atoms with Crippen molar-refractivity contribution in [2.45, 2.75) is 13.8 Å². The smallest absolute Gasteiger partial charge is 0.239 e. The van der Waals surface area contributed by atoms with Gasteiger partial charge in [-0.2, -0.15) is 4.37 Å². The third-order valence-electron chi connectivity index (χ3n) is 2.04. The third-order valence-corrected chi connectivity index (χ3v) is 3.12. The molecule has 1 heterocycles. The van der Waals surface area contributed by atoms with Crippen LogP contribution in [-0.2, 0) is 4.79 Å². The minimum atomic E-state index is 0.00590. The monoisotopic (exact) mass is 228 g/mol. The average molecular weight is 228 g/mol. The molecule has 5 nitrogen and oxygen atoms in total. The highest BCUT2D eigenvalue weighted by atomic mass is 32.1. The number of carbonyl (C=O) groups is 1. The van der Waals surface area contributed by atoms with Gasteiger partial charge >= 0.3 is 0 Å². The number of nitrogens with zero attached hydrogens (tertiary/aromatic N) is 2. The predicted molar refractivity (Wildman–Crippen MR) is 63.2 cm³/mol. The number of amides is 1. The van der Waals surface area contributed by atoms with Crippen LogP contribution in [0.25, 0.3) is 0 Å². The van der Waals surface area contributed by atoms with E-state index in [0.29, 0.717) is 18.9 Å². The van der Waals surface area contributed by atoms with Gasteiger partial charge in [-0.3, -0.25) is 4.79 Å². The van der Waals surface area contributed by atoms with Crippen molar-refractivity contribution in [2.24, 2.45) is 0 Å². The highest BCUT2D eigenvalue weighted by molar-refractivity contribution is 7.10. The molecular weight excluding hydrogens is 212 g/mol. The molecule has 1 aromatic heterocycles. The molecule has 84 valence electrons. The fourth-order valence-corrected chi connectivity index (χ4v) is 2.00. The normalized spacial score (nSPS) is 10.1. The second-order valence-corrected chi connectivity index (χ2v) is 4.06. The van der Waals surface area contributed by atoms with Gasteiger partial charge in [0.05, 0.1) is 6.54 Å². The molecular formula is C9H16N4OS. The molecule has 0 saturated carbocycles. The molecule has 0 aliphatic heterocycles. The standard InChI is InChI=1S/C9H16N4OS/c1-4-11-7(14)5-13(3)9-6(2)8(10)12-15-9/h4-5H2,1-3H3,(H2,10,12)(H,11,14). The minimum Gasteiger partial charge on any atom is -0.383 e. The minimum absolute atomic E-state index is 0.00590. The van der Waals surface area contributed by atoms with E-state index in [1.165, 1.54) is 11.5 Å². The highest BCUT2D eigenvalue weighted by Crippen LogP contribution is 2.28. The number of hydrogen-bond donors (Lipinski definition) is 2. The molecule has 0 atom stereocenters. The van der Waals surface area contributed by atoms with E-state index in [1.807, 2.05) is 25.8 Å².